The van der Waals surface area contributed by atoms with Crippen molar-refractivity contribution in [2.75, 3.05) is 26.2 Å². The van der Waals surface area contributed by atoms with Crippen molar-refractivity contribution in [2.45, 2.75) is 33.3 Å². The minimum Gasteiger partial charge on any atom is -0.377 e. The molecule has 0 radical (unpaired) electrons. The second-order valence-electron chi connectivity index (χ2n) is 5.51. The maximum Gasteiger partial charge on any atom is 0.177 e. The number of ether oxygens (including phenoxy) is 1. The van der Waals surface area contributed by atoms with Crippen LogP contribution < -0.4 is 0 Å². The molecule has 0 N–H and O–H groups in total. The molecule has 1 fully saturated rings. The highest BCUT2D eigenvalue weighted by Gasteiger charge is 2.19. The lowest BCUT2D eigenvalue weighted by molar-refractivity contribution is 0.0657. The molecule has 3 heteroatoms. The zero-order valence-electron chi connectivity index (χ0n) is 12.1. The molecule has 0 aliphatic carbocycles. The third-order valence-electron chi connectivity index (χ3n) is 3.59. The van der Waals surface area contributed by atoms with Crippen molar-refractivity contribution < 1.29 is 9.53 Å². The van der Waals surface area contributed by atoms with Crippen LogP contribution in [0.5, 0.6) is 0 Å². The quantitative estimate of drug-likeness (QED) is 0.783. The van der Waals surface area contributed by atoms with Gasteiger partial charge in [-0.05, 0) is 32.8 Å². The first-order chi connectivity index (χ1) is 9.06. The Kier molecular flexibility index (Phi) is 4.72. The van der Waals surface area contributed by atoms with E-state index in [1.807, 2.05) is 19.1 Å². The van der Waals surface area contributed by atoms with Crippen molar-refractivity contribution in [3.8, 4) is 0 Å². The van der Waals surface area contributed by atoms with Gasteiger partial charge in [-0.3, -0.25) is 9.69 Å². The average molecular weight is 261 g/mol. The number of hydrogen-bond acceptors (Lipinski definition) is 3. The highest BCUT2D eigenvalue weighted by molar-refractivity contribution is 5.98. The molecule has 1 atom stereocenters. The van der Waals surface area contributed by atoms with Crippen molar-refractivity contribution >= 4 is 5.78 Å². The zero-order valence-corrected chi connectivity index (χ0v) is 12.1. The van der Waals surface area contributed by atoms with Crippen LogP contribution in [0.15, 0.2) is 18.2 Å². The van der Waals surface area contributed by atoms with Gasteiger partial charge in [-0.15, -0.1) is 0 Å². The number of hydrogen-bond donors (Lipinski definition) is 0. The molecule has 1 aromatic carbocycles. The minimum absolute atomic E-state index is 0.214. The number of rotatable bonds is 3. The van der Waals surface area contributed by atoms with E-state index in [1.165, 1.54) is 5.56 Å². The largest absolute Gasteiger partial charge is 0.377 e. The van der Waals surface area contributed by atoms with E-state index in [4.69, 9.17) is 4.74 Å². The molecule has 0 bridgehead atoms. The Hall–Kier alpha value is -1.19. The smallest absolute Gasteiger partial charge is 0.177 e. The van der Waals surface area contributed by atoms with Crippen molar-refractivity contribution in [3.63, 3.8) is 0 Å². The van der Waals surface area contributed by atoms with Crippen LogP contribution in [0.3, 0.4) is 0 Å². The number of benzene rings is 1. The summed E-state index contributed by atoms with van der Waals surface area (Å²) in [7, 11) is 0. The van der Waals surface area contributed by atoms with E-state index >= 15 is 0 Å². The molecule has 104 valence electrons. The van der Waals surface area contributed by atoms with E-state index < -0.39 is 0 Å². The Labute approximate surface area is 115 Å². The summed E-state index contributed by atoms with van der Waals surface area (Å²) in [5, 5.41) is 0. The summed E-state index contributed by atoms with van der Waals surface area (Å²) < 4.78 is 5.61. The molecule has 3 nitrogen and oxygen atoms in total. The molecule has 0 aromatic heterocycles. The predicted octanol–water partition coefficient (Wildman–Crippen LogP) is 2.60. The number of ketones is 1. The summed E-state index contributed by atoms with van der Waals surface area (Å²) >= 11 is 0. The number of aryl methyl sites for hydroxylation is 2. The molecular formula is C16H23NO2. The van der Waals surface area contributed by atoms with Gasteiger partial charge in [0.1, 0.15) is 0 Å². The van der Waals surface area contributed by atoms with Crippen LogP contribution >= 0.6 is 0 Å². The maximum atomic E-state index is 12.4. The molecule has 1 heterocycles. The number of nitrogens with zero attached hydrogens (tertiary/aromatic N) is 1. The lowest BCUT2D eigenvalue weighted by Gasteiger charge is -2.21. The van der Waals surface area contributed by atoms with Crippen molar-refractivity contribution in [1.82, 2.24) is 4.90 Å². The molecule has 1 unspecified atom stereocenters. The molecular weight excluding hydrogens is 238 g/mol. The summed E-state index contributed by atoms with van der Waals surface area (Å²) in [5.41, 5.74) is 3.12. The van der Waals surface area contributed by atoms with Crippen LogP contribution in [0.4, 0.5) is 0 Å². The summed E-state index contributed by atoms with van der Waals surface area (Å²) in [4.78, 5) is 14.6. The van der Waals surface area contributed by atoms with E-state index in [1.54, 1.807) is 0 Å². The molecule has 1 aliphatic rings. The lowest BCUT2D eigenvalue weighted by Crippen LogP contribution is -2.35. The standard InChI is InChI=1S/C16H23NO2/c1-12-5-6-15(13(2)9-12)16(18)11-17-7-4-8-19-14(3)10-17/h5-6,9,14H,4,7-8,10-11H2,1-3H3. The second-order valence-corrected chi connectivity index (χ2v) is 5.51. The molecule has 1 aliphatic heterocycles. The van der Waals surface area contributed by atoms with Gasteiger partial charge in [0.2, 0.25) is 0 Å². The monoisotopic (exact) mass is 261 g/mol. The van der Waals surface area contributed by atoms with Gasteiger partial charge >= 0.3 is 0 Å². The Balaban J connectivity index is 2.03. The fourth-order valence-corrected chi connectivity index (χ4v) is 2.64. The molecule has 0 saturated carbocycles. The van der Waals surface area contributed by atoms with E-state index in [0.29, 0.717) is 6.54 Å². The van der Waals surface area contributed by atoms with E-state index in [2.05, 4.69) is 24.8 Å². The first kappa shape index (κ1) is 14.2. The minimum atomic E-state index is 0.214. The maximum absolute atomic E-state index is 12.4. The van der Waals surface area contributed by atoms with Gasteiger partial charge in [0, 0.05) is 25.3 Å². The Morgan fingerprint density at radius 2 is 2.21 bits per heavy atom. The van der Waals surface area contributed by atoms with Crippen LogP contribution in [-0.4, -0.2) is 43.0 Å². The normalized spacial score (nSPS) is 21.1. The third-order valence-corrected chi connectivity index (χ3v) is 3.59. The van der Waals surface area contributed by atoms with Gasteiger partial charge in [0.05, 0.1) is 12.6 Å². The van der Waals surface area contributed by atoms with Crippen molar-refractivity contribution in [1.29, 1.82) is 0 Å². The second kappa shape index (κ2) is 6.31. The van der Waals surface area contributed by atoms with Gasteiger partial charge < -0.3 is 4.74 Å². The molecule has 1 aromatic rings. The lowest BCUT2D eigenvalue weighted by atomic mass is 10.0. The first-order valence-corrected chi connectivity index (χ1v) is 7.00. The van der Waals surface area contributed by atoms with Crippen LogP contribution in [-0.2, 0) is 4.74 Å². The molecule has 19 heavy (non-hydrogen) atoms. The fourth-order valence-electron chi connectivity index (χ4n) is 2.64. The molecule has 2 rings (SSSR count). The average Bonchev–Trinajstić information content (AvgIpc) is 2.53. The fraction of sp³-hybridized carbons (Fsp3) is 0.562. The van der Waals surface area contributed by atoms with E-state index in [0.717, 1.165) is 37.2 Å². The van der Waals surface area contributed by atoms with Gasteiger partial charge in [0.25, 0.3) is 0 Å². The Morgan fingerprint density at radius 3 is 2.95 bits per heavy atom. The van der Waals surface area contributed by atoms with Crippen molar-refractivity contribution in [3.05, 3.63) is 34.9 Å². The van der Waals surface area contributed by atoms with Crippen LogP contribution in [0, 0.1) is 13.8 Å². The summed E-state index contributed by atoms with van der Waals surface area (Å²) in [6.07, 6.45) is 1.22. The molecule has 1 saturated heterocycles. The summed E-state index contributed by atoms with van der Waals surface area (Å²) in [6.45, 7) is 9.22. The summed E-state index contributed by atoms with van der Waals surface area (Å²) in [5.74, 6) is 0.214. The highest BCUT2D eigenvalue weighted by Crippen LogP contribution is 2.13. The third kappa shape index (κ3) is 3.88. The number of Topliss-reactive ketones (excluding diaryl/α,β-unsaturated/α-hetero) is 1. The van der Waals surface area contributed by atoms with Crippen LogP contribution in [0.1, 0.15) is 34.8 Å². The van der Waals surface area contributed by atoms with E-state index in [-0.39, 0.29) is 11.9 Å². The Morgan fingerprint density at radius 1 is 1.42 bits per heavy atom. The van der Waals surface area contributed by atoms with E-state index in [9.17, 15) is 4.79 Å². The number of carbonyl (C=O) groups excluding carboxylic acids is 1. The highest BCUT2D eigenvalue weighted by atomic mass is 16.5. The van der Waals surface area contributed by atoms with Gasteiger partial charge in [-0.1, -0.05) is 23.8 Å². The summed E-state index contributed by atoms with van der Waals surface area (Å²) in [6, 6.07) is 6.03. The SMILES string of the molecule is Cc1ccc(C(=O)CN2CCCOC(C)C2)c(C)c1. The number of carbonyl (C=O) groups is 1. The van der Waals surface area contributed by atoms with Gasteiger partial charge in [0.15, 0.2) is 5.78 Å². The van der Waals surface area contributed by atoms with Gasteiger partial charge in [-0.2, -0.15) is 0 Å². The Bertz CT molecular complexity index is 456. The zero-order chi connectivity index (χ0) is 13.8. The van der Waals surface area contributed by atoms with Crippen LogP contribution in [0.2, 0.25) is 0 Å². The predicted molar refractivity (Wildman–Crippen MR) is 76.7 cm³/mol. The van der Waals surface area contributed by atoms with Gasteiger partial charge in [-0.25, -0.2) is 0 Å². The molecule has 0 spiro atoms. The topological polar surface area (TPSA) is 29.5 Å². The van der Waals surface area contributed by atoms with Crippen molar-refractivity contribution in [2.24, 2.45) is 0 Å². The van der Waals surface area contributed by atoms with Crippen LogP contribution in [0.25, 0.3) is 0 Å². The first-order valence-electron chi connectivity index (χ1n) is 7.00. The molecule has 0 amide bonds.